The van der Waals surface area contributed by atoms with Crippen LogP contribution in [0.15, 0.2) is 39.2 Å². The van der Waals surface area contributed by atoms with Crippen LogP contribution in [0, 0.1) is 0 Å². The molecule has 2 aromatic rings. The summed E-state index contributed by atoms with van der Waals surface area (Å²) in [6.45, 7) is 0. The lowest BCUT2D eigenvalue weighted by atomic mass is 9.89. The molecule has 98 valence electrons. The van der Waals surface area contributed by atoms with Crippen molar-refractivity contribution >= 4 is 17.4 Å². The predicted octanol–water partition coefficient (Wildman–Crippen LogP) is 1.69. The average Bonchev–Trinajstić information content (AvgIpc) is 3.01. The Morgan fingerprint density at radius 2 is 2.26 bits per heavy atom. The Kier molecular flexibility index (Phi) is 2.79. The van der Waals surface area contributed by atoms with E-state index in [2.05, 4.69) is 20.3 Å². The van der Waals surface area contributed by atoms with Gasteiger partial charge in [0.05, 0.1) is 6.26 Å². The number of nitrogens with one attached hydrogen (secondary N) is 1. The van der Waals surface area contributed by atoms with Gasteiger partial charge in [-0.1, -0.05) is 0 Å². The molecule has 0 saturated carbocycles. The first-order chi connectivity index (χ1) is 9.22. The molecule has 0 spiro atoms. The van der Waals surface area contributed by atoms with Crippen LogP contribution in [0.4, 0.5) is 11.6 Å². The summed E-state index contributed by atoms with van der Waals surface area (Å²) in [7, 11) is 0. The Balaban J connectivity index is 1.78. The number of ketones is 1. The molecule has 0 fully saturated rings. The maximum atomic E-state index is 11.7. The quantitative estimate of drug-likeness (QED) is 0.864. The number of allylic oxidation sites excluding steroid dienone is 2. The van der Waals surface area contributed by atoms with Crippen LogP contribution in [0.5, 0.6) is 0 Å². The van der Waals surface area contributed by atoms with Gasteiger partial charge in [-0.3, -0.25) is 4.79 Å². The molecule has 2 heterocycles. The first-order valence-corrected chi connectivity index (χ1v) is 5.84. The molecule has 0 amide bonds. The van der Waals surface area contributed by atoms with Crippen molar-refractivity contribution in [2.24, 2.45) is 0 Å². The predicted molar refractivity (Wildman–Crippen MR) is 66.1 cm³/mol. The van der Waals surface area contributed by atoms with Crippen LogP contribution in [0.3, 0.4) is 0 Å². The summed E-state index contributed by atoms with van der Waals surface area (Å²) in [5.74, 6) is 1.33. The summed E-state index contributed by atoms with van der Waals surface area (Å²) < 4.78 is 9.84. The van der Waals surface area contributed by atoms with Gasteiger partial charge >= 0.3 is 0 Å². The van der Waals surface area contributed by atoms with Crippen molar-refractivity contribution in [3.8, 4) is 0 Å². The van der Waals surface area contributed by atoms with Crippen LogP contribution in [0.1, 0.15) is 24.5 Å². The molecule has 0 saturated heterocycles. The van der Waals surface area contributed by atoms with E-state index in [0.717, 1.165) is 11.5 Å². The molecular formula is C12H12N4O3. The van der Waals surface area contributed by atoms with Crippen molar-refractivity contribution in [3.05, 3.63) is 35.9 Å². The summed E-state index contributed by atoms with van der Waals surface area (Å²) in [6.07, 6.45) is 4.23. The number of carbonyl (C=O) groups excluding carboxylic acids is 1. The molecular weight excluding hydrogens is 248 g/mol. The highest BCUT2D eigenvalue weighted by Crippen LogP contribution is 2.32. The van der Waals surface area contributed by atoms with Gasteiger partial charge in [-0.2, -0.15) is 0 Å². The maximum Gasteiger partial charge on any atom is 0.219 e. The minimum Gasteiger partial charge on any atom is -0.469 e. The van der Waals surface area contributed by atoms with Crippen LogP contribution < -0.4 is 11.1 Å². The van der Waals surface area contributed by atoms with E-state index in [-0.39, 0.29) is 17.5 Å². The van der Waals surface area contributed by atoms with Gasteiger partial charge in [-0.05, 0) is 28.9 Å². The Hall–Kier alpha value is -2.57. The van der Waals surface area contributed by atoms with Crippen molar-refractivity contribution < 1.29 is 13.8 Å². The van der Waals surface area contributed by atoms with E-state index >= 15 is 0 Å². The van der Waals surface area contributed by atoms with E-state index in [1.807, 2.05) is 12.1 Å². The van der Waals surface area contributed by atoms with Crippen LogP contribution in [0.25, 0.3) is 0 Å². The molecule has 7 heteroatoms. The first-order valence-electron chi connectivity index (χ1n) is 5.84. The highest BCUT2D eigenvalue weighted by molar-refractivity contribution is 5.92. The number of nitrogens with zero attached hydrogens (tertiary/aromatic N) is 2. The standard InChI is InChI=1S/C12H12N4O3/c13-11-12(16-19-15-11)14-8-4-7(5-9(17)6-8)10-2-1-3-18-10/h1-3,6-7H,4-5H2,(H2,13,15)(H,14,16)/t7-/m1/s1. The first kappa shape index (κ1) is 11.5. The topological polar surface area (TPSA) is 107 Å². The second-order valence-corrected chi connectivity index (χ2v) is 4.38. The zero-order chi connectivity index (χ0) is 13.2. The van der Waals surface area contributed by atoms with E-state index in [0.29, 0.717) is 18.7 Å². The molecule has 7 nitrogen and oxygen atoms in total. The molecule has 0 bridgehead atoms. The van der Waals surface area contributed by atoms with Crippen LogP contribution in [0.2, 0.25) is 0 Å². The molecule has 1 atom stereocenters. The monoisotopic (exact) mass is 260 g/mol. The fraction of sp³-hybridized carbons (Fsp3) is 0.250. The Bertz CT molecular complexity index is 615. The normalized spacial score (nSPS) is 19.3. The number of furan rings is 1. The fourth-order valence-electron chi connectivity index (χ4n) is 2.14. The summed E-state index contributed by atoms with van der Waals surface area (Å²) in [6, 6.07) is 3.68. The lowest BCUT2D eigenvalue weighted by Gasteiger charge is -2.20. The minimum atomic E-state index is 0.0242. The van der Waals surface area contributed by atoms with Gasteiger partial charge in [0.25, 0.3) is 0 Å². The summed E-state index contributed by atoms with van der Waals surface area (Å²) in [4.78, 5) is 11.7. The number of aromatic nitrogens is 2. The van der Waals surface area contributed by atoms with E-state index in [9.17, 15) is 4.79 Å². The van der Waals surface area contributed by atoms with Crippen molar-refractivity contribution in [3.63, 3.8) is 0 Å². The average molecular weight is 260 g/mol. The number of nitrogens with two attached hydrogens (primary N) is 1. The lowest BCUT2D eigenvalue weighted by Crippen LogP contribution is -2.16. The third-order valence-corrected chi connectivity index (χ3v) is 2.99. The lowest BCUT2D eigenvalue weighted by molar-refractivity contribution is -0.115. The third-order valence-electron chi connectivity index (χ3n) is 2.99. The smallest absolute Gasteiger partial charge is 0.219 e. The number of hydrogen-bond donors (Lipinski definition) is 2. The zero-order valence-corrected chi connectivity index (χ0v) is 10.00. The van der Waals surface area contributed by atoms with Crippen molar-refractivity contribution in [1.29, 1.82) is 0 Å². The number of hydrogen-bond acceptors (Lipinski definition) is 7. The second-order valence-electron chi connectivity index (χ2n) is 4.38. The fourth-order valence-corrected chi connectivity index (χ4v) is 2.14. The molecule has 0 unspecified atom stereocenters. The van der Waals surface area contributed by atoms with Gasteiger partial charge < -0.3 is 15.5 Å². The van der Waals surface area contributed by atoms with Gasteiger partial charge in [0.1, 0.15) is 5.76 Å². The van der Waals surface area contributed by atoms with Crippen molar-refractivity contribution in [1.82, 2.24) is 10.3 Å². The number of carbonyl (C=O) groups is 1. The summed E-state index contributed by atoms with van der Waals surface area (Å²) >= 11 is 0. The van der Waals surface area contributed by atoms with E-state index in [1.54, 1.807) is 12.3 Å². The van der Waals surface area contributed by atoms with Gasteiger partial charge in [-0.25, -0.2) is 4.63 Å². The van der Waals surface area contributed by atoms with Gasteiger partial charge in [-0.15, -0.1) is 0 Å². The third kappa shape index (κ3) is 2.35. The van der Waals surface area contributed by atoms with Crippen molar-refractivity contribution in [2.75, 3.05) is 11.1 Å². The van der Waals surface area contributed by atoms with Crippen LogP contribution >= 0.6 is 0 Å². The molecule has 1 aliphatic rings. The Morgan fingerprint density at radius 3 is 2.95 bits per heavy atom. The Morgan fingerprint density at radius 1 is 1.37 bits per heavy atom. The summed E-state index contributed by atoms with van der Waals surface area (Å²) in [5, 5.41) is 10.1. The summed E-state index contributed by atoms with van der Waals surface area (Å²) in [5.41, 5.74) is 6.28. The van der Waals surface area contributed by atoms with Gasteiger partial charge in [0.15, 0.2) is 5.78 Å². The number of anilines is 2. The van der Waals surface area contributed by atoms with Gasteiger partial charge in [0.2, 0.25) is 11.6 Å². The molecule has 3 rings (SSSR count). The number of rotatable bonds is 3. The molecule has 0 aliphatic heterocycles. The largest absolute Gasteiger partial charge is 0.469 e. The SMILES string of the molecule is Nc1nonc1NC1=CC(=O)C[C@H](c2ccco2)C1. The Labute approximate surface area is 108 Å². The second kappa shape index (κ2) is 4.60. The van der Waals surface area contributed by atoms with Gasteiger partial charge in [0, 0.05) is 24.1 Å². The highest BCUT2D eigenvalue weighted by atomic mass is 16.6. The molecule has 2 aromatic heterocycles. The number of nitrogen functional groups attached to an aromatic ring is 1. The highest BCUT2D eigenvalue weighted by Gasteiger charge is 2.25. The zero-order valence-electron chi connectivity index (χ0n) is 10.00. The van der Waals surface area contributed by atoms with E-state index < -0.39 is 0 Å². The molecule has 0 radical (unpaired) electrons. The van der Waals surface area contributed by atoms with Crippen molar-refractivity contribution in [2.45, 2.75) is 18.8 Å². The molecule has 19 heavy (non-hydrogen) atoms. The van der Waals surface area contributed by atoms with Crippen LogP contribution in [-0.4, -0.2) is 16.1 Å². The van der Waals surface area contributed by atoms with E-state index in [1.165, 1.54) is 0 Å². The van der Waals surface area contributed by atoms with E-state index in [4.69, 9.17) is 10.2 Å². The molecule has 1 aliphatic carbocycles. The van der Waals surface area contributed by atoms with Crippen LogP contribution in [-0.2, 0) is 4.79 Å². The maximum absolute atomic E-state index is 11.7. The minimum absolute atomic E-state index is 0.0242. The molecule has 3 N–H and O–H groups in total. The molecule has 0 aromatic carbocycles.